The number of nitrogens with zero attached hydrogens (tertiary/aromatic N) is 4. The average Bonchev–Trinajstić information content (AvgIpc) is 3.24. The SMILES string of the molecule is CC(C)c1cccc(C(C)C)c1N1[C]N(c2cccc(-c3ccccn3)n2)C=C1. The van der Waals surface area contributed by atoms with Gasteiger partial charge < -0.3 is 4.90 Å². The summed E-state index contributed by atoms with van der Waals surface area (Å²) >= 11 is 0. The van der Waals surface area contributed by atoms with Gasteiger partial charge in [-0.2, -0.15) is 0 Å². The second kappa shape index (κ2) is 8.08. The fourth-order valence-electron chi connectivity index (χ4n) is 3.57. The number of rotatable bonds is 5. The van der Waals surface area contributed by atoms with Crippen molar-refractivity contribution in [1.82, 2.24) is 9.97 Å². The van der Waals surface area contributed by atoms with Crippen LogP contribution in [0.3, 0.4) is 0 Å². The molecule has 29 heavy (non-hydrogen) atoms. The topological polar surface area (TPSA) is 32.3 Å². The van der Waals surface area contributed by atoms with Crippen molar-refractivity contribution in [1.29, 1.82) is 0 Å². The molecule has 4 nitrogen and oxygen atoms in total. The lowest BCUT2D eigenvalue weighted by molar-refractivity contribution is 0.826. The summed E-state index contributed by atoms with van der Waals surface area (Å²) in [5.41, 5.74) is 5.58. The molecular formula is C25H26N4. The third kappa shape index (κ3) is 3.88. The summed E-state index contributed by atoms with van der Waals surface area (Å²) in [5, 5.41) is 0. The minimum absolute atomic E-state index is 0.429. The smallest absolute Gasteiger partial charge is 0.219 e. The molecule has 0 aliphatic carbocycles. The van der Waals surface area contributed by atoms with Crippen molar-refractivity contribution < 1.29 is 0 Å². The number of hydrogen-bond donors (Lipinski definition) is 0. The Morgan fingerprint density at radius 3 is 2.03 bits per heavy atom. The van der Waals surface area contributed by atoms with Gasteiger partial charge in [-0.25, -0.2) is 4.98 Å². The lowest BCUT2D eigenvalue weighted by atomic mass is 9.92. The van der Waals surface area contributed by atoms with E-state index >= 15 is 0 Å². The van der Waals surface area contributed by atoms with Crippen molar-refractivity contribution in [2.24, 2.45) is 0 Å². The van der Waals surface area contributed by atoms with E-state index in [-0.39, 0.29) is 0 Å². The van der Waals surface area contributed by atoms with E-state index in [4.69, 9.17) is 4.98 Å². The zero-order valence-corrected chi connectivity index (χ0v) is 17.4. The number of para-hydroxylation sites is 1. The number of pyridine rings is 2. The Bertz CT molecular complexity index is 982. The predicted molar refractivity (Wildman–Crippen MR) is 119 cm³/mol. The van der Waals surface area contributed by atoms with Crippen molar-refractivity contribution in [3.63, 3.8) is 0 Å². The Balaban J connectivity index is 1.64. The highest BCUT2D eigenvalue weighted by Crippen LogP contribution is 2.38. The molecule has 4 heteroatoms. The van der Waals surface area contributed by atoms with E-state index in [1.165, 1.54) is 16.8 Å². The molecule has 3 heterocycles. The summed E-state index contributed by atoms with van der Waals surface area (Å²) in [5.74, 6) is 1.68. The lowest BCUT2D eigenvalue weighted by Gasteiger charge is -2.26. The van der Waals surface area contributed by atoms with Crippen molar-refractivity contribution in [3.05, 3.63) is 91.0 Å². The van der Waals surface area contributed by atoms with Crippen LogP contribution in [0.25, 0.3) is 11.4 Å². The zero-order valence-electron chi connectivity index (χ0n) is 17.4. The monoisotopic (exact) mass is 382 g/mol. The van der Waals surface area contributed by atoms with Crippen LogP contribution in [0.2, 0.25) is 0 Å². The molecule has 1 aliphatic rings. The first-order valence-corrected chi connectivity index (χ1v) is 10.1. The van der Waals surface area contributed by atoms with Crippen LogP contribution in [0.1, 0.15) is 50.7 Å². The highest BCUT2D eigenvalue weighted by atomic mass is 15.4. The van der Waals surface area contributed by atoms with Crippen molar-refractivity contribution in [2.45, 2.75) is 39.5 Å². The summed E-state index contributed by atoms with van der Waals surface area (Å²) in [4.78, 5) is 13.2. The molecule has 0 amide bonds. The molecule has 2 aromatic heterocycles. The maximum Gasteiger partial charge on any atom is 0.219 e. The van der Waals surface area contributed by atoms with Crippen molar-refractivity contribution >= 4 is 11.5 Å². The van der Waals surface area contributed by atoms with Gasteiger partial charge in [0.1, 0.15) is 5.82 Å². The van der Waals surface area contributed by atoms with E-state index in [1.807, 2.05) is 47.5 Å². The highest BCUT2D eigenvalue weighted by molar-refractivity contribution is 5.69. The molecule has 4 rings (SSSR count). The molecule has 1 aromatic carbocycles. The maximum atomic E-state index is 4.79. The Hall–Kier alpha value is -3.14. The van der Waals surface area contributed by atoms with Crippen LogP contribution in [-0.2, 0) is 0 Å². The summed E-state index contributed by atoms with van der Waals surface area (Å²) in [6.07, 6.45) is 5.85. The normalized spacial score (nSPS) is 13.7. The van der Waals surface area contributed by atoms with Gasteiger partial charge in [0.05, 0.1) is 17.1 Å². The minimum atomic E-state index is 0.429. The van der Waals surface area contributed by atoms with E-state index in [9.17, 15) is 0 Å². The summed E-state index contributed by atoms with van der Waals surface area (Å²) < 4.78 is 0. The second-order valence-corrected chi connectivity index (χ2v) is 7.83. The Morgan fingerprint density at radius 2 is 1.38 bits per heavy atom. The van der Waals surface area contributed by atoms with Crippen LogP contribution < -0.4 is 9.80 Å². The summed E-state index contributed by atoms with van der Waals surface area (Å²) in [7, 11) is 0. The number of anilines is 2. The van der Waals surface area contributed by atoms with Gasteiger partial charge >= 0.3 is 0 Å². The summed E-state index contributed by atoms with van der Waals surface area (Å²) in [6.45, 7) is 12.4. The van der Waals surface area contributed by atoms with E-state index in [0.717, 1.165) is 17.2 Å². The standard InChI is InChI=1S/C25H26N4/c1-18(2)20-9-7-10-21(19(3)4)25(20)29-16-15-28(17-29)24-13-8-12-23(27-24)22-11-5-6-14-26-22/h5-16,18-19H,1-4H3. The van der Waals surface area contributed by atoms with Crippen molar-refractivity contribution in [3.8, 4) is 11.4 Å². The molecule has 0 fully saturated rings. The van der Waals surface area contributed by atoms with Gasteiger partial charge in [0.15, 0.2) is 0 Å². The fraction of sp³-hybridized carbons (Fsp3) is 0.240. The first kappa shape index (κ1) is 19.2. The molecule has 2 radical (unpaired) electrons. The minimum Gasteiger partial charge on any atom is -0.314 e. The Kier molecular flexibility index (Phi) is 5.34. The molecule has 0 saturated carbocycles. The first-order valence-electron chi connectivity index (χ1n) is 10.1. The van der Waals surface area contributed by atoms with E-state index in [0.29, 0.717) is 11.8 Å². The molecule has 0 unspecified atom stereocenters. The van der Waals surface area contributed by atoms with Crippen LogP contribution in [0.4, 0.5) is 11.5 Å². The average molecular weight is 383 g/mol. The molecule has 3 aromatic rings. The molecule has 146 valence electrons. The van der Waals surface area contributed by atoms with Gasteiger partial charge in [-0.15, -0.1) is 0 Å². The van der Waals surface area contributed by atoms with E-state index in [1.54, 1.807) is 6.20 Å². The molecule has 0 bridgehead atoms. The van der Waals surface area contributed by atoms with Gasteiger partial charge in [-0.1, -0.05) is 58.0 Å². The fourth-order valence-corrected chi connectivity index (χ4v) is 3.57. The quantitative estimate of drug-likeness (QED) is 0.527. The molecule has 0 atom stereocenters. The summed E-state index contributed by atoms with van der Waals surface area (Å²) in [6, 6.07) is 18.4. The second-order valence-electron chi connectivity index (χ2n) is 7.83. The Morgan fingerprint density at radius 1 is 0.724 bits per heavy atom. The van der Waals surface area contributed by atoms with Gasteiger partial charge in [0, 0.05) is 18.6 Å². The van der Waals surface area contributed by atoms with E-state index < -0.39 is 0 Å². The van der Waals surface area contributed by atoms with Crippen LogP contribution in [0.5, 0.6) is 0 Å². The van der Waals surface area contributed by atoms with Crippen LogP contribution >= 0.6 is 0 Å². The largest absolute Gasteiger partial charge is 0.314 e. The molecule has 0 saturated heterocycles. The van der Waals surface area contributed by atoms with Gasteiger partial charge in [-0.05, 0) is 47.2 Å². The van der Waals surface area contributed by atoms with Crippen LogP contribution in [0, 0.1) is 6.67 Å². The van der Waals surface area contributed by atoms with Crippen LogP contribution in [-0.4, -0.2) is 9.97 Å². The van der Waals surface area contributed by atoms with Gasteiger partial charge in [0.25, 0.3) is 0 Å². The van der Waals surface area contributed by atoms with Gasteiger partial charge in [-0.3, -0.25) is 9.88 Å². The molecule has 0 N–H and O–H groups in total. The first-order chi connectivity index (χ1) is 14.0. The van der Waals surface area contributed by atoms with Crippen molar-refractivity contribution in [2.75, 3.05) is 9.80 Å². The number of hydrogen-bond acceptors (Lipinski definition) is 4. The number of aromatic nitrogens is 2. The van der Waals surface area contributed by atoms with Crippen LogP contribution in [0.15, 0.2) is 73.2 Å². The maximum absolute atomic E-state index is 4.79. The third-order valence-corrected chi connectivity index (χ3v) is 5.07. The molecule has 1 aliphatic heterocycles. The number of benzene rings is 1. The molecular weight excluding hydrogens is 356 g/mol. The van der Waals surface area contributed by atoms with E-state index in [2.05, 4.69) is 68.6 Å². The Labute approximate surface area is 173 Å². The lowest BCUT2D eigenvalue weighted by Crippen LogP contribution is -2.21. The van der Waals surface area contributed by atoms with Gasteiger partial charge in [0.2, 0.25) is 6.67 Å². The predicted octanol–water partition coefficient (Wildman–Crippen LogP) is 6.18. The third-order valence-electron chi connectivity index (χ3n) is 5.07. The highest BCUT2D eigenvalue weighted by Gasteiger charge is 2.25. The zero-order chi connectivity index (χ0) is 20.4. The molecule has 0 spiro atoms.